The lowest BCUT2D eigenvalue weighted by Gasteiger charge is -2.11. The predicted octanol–water partition coefficient (Wildman–Crippen LogP) is 1.72. The van der Waals surface area contributed by atoms with E-state index in [2.05, 4.69) is 16.6 Å². The Morgan fingerprint density at radius 3 is 2.85 bits per heavy atom. The van der Waals surface area contributed by atoms with E-state index in [1.165, 1.54) is 15.7 Å². The average molecular weight is 214 g/mol. The third kappa shape index (κ3) is 2.38. The van der Waals surface area contributed by atoms with Crippen LogP contribution in [0.5, 0.6) is 0 Å². The molecule has 0 aliphatic rings. The van der Waals surface area contributed by atoms with Gasteiger partial charge in [0.25, 0.3) is 5.91 Å². The first-order valence-corrected chi connectivity index (χ1v) is 5.51. The highest BCUT2D eigenvalue weighted by Crippen LogP contribution is 2.23. The largest absolute Gasteiger partial charge is 0.345 e. The Labute approximate surface area is 86.3 Å². The fourth-order valence-corrected chi connectivity index (χ4v) is 1.67. The van der Waals surface area contributed by atoms with E-state index in [1.54, 1.807) is 32.4 Å². The van der Waals surface area contributed by atoms with E-state index in [9.17, 15) is 4.79 Å². The summed E-state index contributed by atoms with van der Waals surface area (Å²) in [7, 11) is 4.60. The zero-order valence-electron chi connectivity index (χ0n) is 7.39. The van der Waals surface area contributed by atoms with Crippen LogP contribution in [0.1, 0.15) is 10.4 Å². The monoisotopic (exact) mass is 214 g/mol. The topological polar surface area (TPSA) is 33.2 Å². The summed E-state index contributed by atoms with van der Waals surface area (Å²) in [5.41, 5.74) is 0.590. The van der Waals surface area contributed by atoms with Crippen LogP contribution in [-0.4, -0.2) is 29.9 Å². The lowest BCUT2D eigenvalue weighted by Crippen LogP contribution is -2.22. The van der Waals surface area contributed by atoms with Gasteiger partial charge in [-0.2, -0.15) is 0 Å². The molecule has 1 amide bonds. The number of carbonyl (C=O) groups is 1. The van der Waals surface area contributed by atoms with E-state index < -0.39 is 0 Å². The van der Waals surface area contributed by atoms with Crippen molar-refractivity contribution < 1.29 is 4.79 Å². The summed E-state index contributed by atoms with van der Waals surface area (Å²) >= 11 is 4.03. The van der Waals surface area contributed by atoms with Gasteiger partial charge in [-0.15, -0.1) is 11.7 Å². The summed E-state index contributed by atoms with van der Waals surface area (Å²) < 4.78 is 0. The van der Waals surface area contributed by atoms with Crippen molar-refractivity contribution in [2.45, 2.75) is 5.03 Å². The van der Waals surface area contributed by atoms with Crippen LogP contribution in [-0.2, 0) is 0 Å². The molecule has 5 heteroatoms. The molecule has 1 rings (SSSR count). The van der Waals surface area contributed by atoms with Gasteiger partial charge in [0.15, 0.2) is 0 Å². The quantitative estimate of drug-likeness (QED) is 0.601. The maximum Gasteiger partial charge on any atom is 0.256 e. The highest BCUT2D eigenvalue weighted by Gasteiger charge is 2.12. The third-order valence-corrected chi connectivity index (χ3v) is 2.51. The van der Waals surface area contributed by atoms with Crippen molar-refractivity contribution in [2.75, 3.05) is 14.1 Å². The van der Waals surface area contributed by atoms with E-state index in [4.69, 9.17) is 0 Å². The highest BCUT2D eigenvalue weighted by atomic mass is 33.1. The fraction of sp³-hybridized carbons (Fsp3) is 0.250. The van der Waals surface area contributed by atoms with Crippen LogP contribution in [0.2, 0.25) is 0 Å². The fourth-order valence-electron chi connectivity index (χ4n) is 0.867. The molecule has 0 atom stereocenters. The second-order valence-corrected chi connectivity index (χ2v) is 3.76. The van der Waals surface area contributed by atoms with Gasteiger partial charge in [-0.1, -0.05) is 0 Å². The summed E-state index contributed by atoms with van der Waals surface area (Å²) in [6.07, 6.45) is 1.64. The van der Waals surface area contributed by atoms with Crippen LogP contribution in [0.4, 0.5) is 0 Å². The first-order valence-electron chi connectivity index (χ1n) is 3.65. The van der Waals surface area contributed by atoms with E-state index in [0.717, 1.165) is 0 Å². The predicted molar refractivity (Wildman–Crippen MR) is 57.1 cm³/mol. The van der Waals surface area contributed by atoms with Gasteiger partial charge in [0.2, 0.25) is 0 Å². The Kier molecular flexibility index (Phi) is 3.62. The number of carbonyl (C=O) groups excluding carboxylic acids is 1. The van der Waals surface area contributed by atoms with E-state index in [1.807, 2.05) is 0 Å². The molecule has 1 aromatic heterocycles. The van der Waals surface area contributed by atoms with Gasteiger partial charge in [-0.05, 0) is 22.9 Å². The number of hydrogen-bond donors (Lipinski definition) is 1. The molecule has 0 aliphatic heterocycles. The lowest BCUT2D eigenvalue weighted by atomic mass is 10.2. The Balaban J connectivity index is 3.06. The summed E-state index contributed by atoms with van der Waals surface area (Å²) in [6, 6.07) is 3.48. The summed E-state index contributed by atoms with van der Waals surface area (Å²) in [4.78, 5) is 17.1. The molecule has 3 nitrogen and oxygen atoms in total. The molecule has 0 saturated carbocycles. The van der Waals surface area contributed by atoms with Gasteiger partial charge in [-0.3, -0.25) is 4.79 Å². The first-order chi connectivity index (χ1) is 6.16. The first kappa shape index (κ1) is 10.4. The van der Waals surface area contributed by atoms with Crippen molar-refractivity contribution in [2.24, 2.45) is 0 Å². The number of pyridine rings is 1. The van der Waals surface area contributed by atoms with Gasteiger partial charge in [0.1, 0.15) is 5.03 Å². The van der Waals surface area contributed by atoms with Crippen molar-refractivity contribution in [1.29, 1.82) is 0 Å². The normalized spacial score (nSPS) is 9.77. The second-order valence-electron chi connectivity index (χ2n) is 2.65. The van der Waals surface area contributed by atoms with Crippen molar-refractivity contribution in [3.63, 3.8) is 0 Å². The van der Waals surface area contributed by atoms with Crippen LogP contribution in [0.25, 0.3) is 0 Å². The molecule has 0 N–H and O–H groups in total. The summed E-state index contributed by atoms with van der Waals surface area (Å²) in [5.74, 6) is -0.0512. The molecule has 0 bridgehead atoms. The second kappa shape index (κ2) is 4.53. The molecular formula is C8H10N2OS2. The van der Waals surface area contributed by atoms with Crippen LogP contribution >= 0.6 is 22.5 Å². The van der Waals surface area contributed by atoms with E-state index >= 15 is 0 Å². The van der Waals surface area contributed by atoms with Gasteiger partial charge in [-0.25, -0.2) is 4.98 Å². The zero-order chi connectivity index (χ0) is 9.84. The van der Waals surface area contributed by atoms with Gasteiger partial charge in [0.05, 0.1) is 5.56 Å². The molecule has 0 aliphatic carbocycles. The summed E-state index contributed by atoms with van der Waals surface area (Å²) in [6.45, 7) is 0. The van der Waals surface area contributed by atoms with Gasteiger partial charge in [0, 0.05) is 20.3 Å². The zero-order valence-corrected chi connectivity index (χ0v) is 9.10. The smallest absolute Gasteiger partial charge is 0.256 e. The third-order valence-electron chi connectivity index (χ3n) is 1.49. The van der Waals surface area contributed by atoms with Crippen LogP contribution in [0, 0.1) is 0 Å². The maximum absolute atomic E-state index is 11.6. The molecule has 1 aromatic rings. The molecule has 0 aromatic carbocycles. The van der Waals surface area contributed by atoms with Crippen molar-refractivity contribution in [3.05, 3.63) is 23.9 Å². The number of nitrogens with zero attached hydrogens (tertiary/aromatic N) is 2. The molecular weight excluding hydrogens is 204 g/mol. The minimum atomic E-state index is -0.0512. The standard InChI is InChI=1S/C8H10N2OS2/c1-10(2)8(11)6-4-3-5-9-7(6)13-12/h3-5,12H,1-2H3. The molecule has 0 radical (unpaired) electrons. The highest BCUT2D eigenvalue weighted by molar-refractivity contribution is 8.68. The molecule has 13 heavy (non-hydrogen) atoms. The molecule has 70 valence electrons. The molecule has 0 saturated heterocycles. The SMILES string of the molecule is CN(C)C(=O)c1cccnc1SS. The summed E-state index contributed by atoms with van der Waals surface area (Å²) in [5, 5.41) is 0.643. The van der Waals surface area contributed by atoms with Crippen molar-refractivity contribution in [1.82, 2.24) is 9.88 Å². The minimum Gasteiger partial charge on any atom is -0.345 e. The van der Waals surface area contributed by atoms with Crippen molar-refractivity contribution >= 4 is 28.4 Å². The minimum absolute atomic E-state index is 0.0512. The lowest BCUT2D eigenvalue weighted by molar-refractivity contribution is 0.0823. The Morgan fingerprint density at radius 1 is 1.62 bits per heavy atom. The number of amides is 1. The molecule has 0 fully saturated rings. The number of thiol groups is 1. The Bertz CT molecular complexity index is 315. The number of rotatable bonds is 2. The molecule has 0 unspecified atom stereocenters. The van der Waals surface area contributed by atoms with Crippen molar-refractivity contribution in [3.8, 4) is 0 Å². The van der Waals surface area contributed by atoms with E-state index in [0.29, 0.717) is 10.6 Å². The van der Waals surface area contributed by atoms with E-state index in [-0.39, 0.29) is 5.91 Å². The van der Waals surface area contributed by atoms with Crippen LogP contribution in [0.15, 0.2) is 23.4 Å². The van der Waals surface area contributed by atoms with Gasteiger partial charge < -0.3 is 4.90 Å². The number of hydrogen-bond acceptors (Lipinski definition) is 4. The molecule has 0 spiro atoms. The Hall–Kier alpha value is -0.680. The number of aromatic nitrogens is 1. The van der Waals surface area contributed by atoms with Crippen LogP contribution in [0.3, 0.4) is 0 Å². The maximum atomic E-state index is 11.6. The molecule has 1 heterocycles. The van der Waals surface area contributed by atoms with Gasteiger partial charge >= 0.3 is 0 Å². The average Bonchev–Trinajstić information content (AvgIpc) is 2.16. The Morgan fingerprint density at radius 2 is 2.31 bits per heavy atom. The van der Waals surface area contributed by atoms with Crippen LogP contribution < -0.4 is 0 Å².